The van der Waals surface area contributed by atoms with Crippen LogP contribution in [0.5, 0.6) is 0 Å². The molecule has 1 aromatic heterocycles. The van der Waals surface area contributed by atoms with Crippen molar-refractivity contribution in [2.24, 2.45) is 5.92 Å². The maximum absolute atomic E-state index is 12.8. The lowest BCUT2D eigenvalue weighted by Gasteiger charge is -2.30. The molecule has 3 heterocycles. The van der Waals surface area contributed by atoms with Crippen LogP contribution < -0.4 is 0 Å². The molecular formula is C19H17N3O6S. The zero-order valence-corrected chi connectivity index (χ0v) is 16.0. The second kappa shape index (κ2) is 7.37. The van der Waals surface area contributed by atoms with Gasteiger partial charge in [0.1, 0.15) is 4.90 Å². The molecular weight excluding hydrogens is 398 g/mol. The number of hydrogen-bond acceptors (Lipinski definition) is 7. The summed E-state index contributed by atoms with van der Waals surface area (Å²) in [5.74, 6) is -3.03. The molecule has 0 bridgehead atoms. The Morgan fingerprint density at radius 1 is 1.07 bits per heavy atom. The van der Waals surface area contributed by atoms with Crippen molar-refractivity contribution in [1.82, 2.24) is 14.4 Å². The van der Waals surface area contributed by atoms with Crippen LogP contribution in [0.2, 0.25) is 0 Å². The monoisotopic (exact) mass is 415 g/mol. The van der Waals surface area contributed by atoms with Gasteiger partial charge in [-0.1, -0.05) is 17.2 Å². The second-order valence-corrected chi connectivity index (χ2v) is 8.69. The molecule has 1 fully saturated rings. The summed E-state index contributed by atoms with van der Waals surface area (Å²) in [6.45, 7) is 0.160. The summed E-state index contributed by atoms with van der Waals surface area (Å²) < 4.78 is 26.7. The number of aromatic nitrogens is 1. The van der Waals surface area contributed by atoms with Gasteiger partial charge in [0.15, 0.2) is 0 Å². The third kappa shape index (κ3) is 3.40. The Kier molecular flexibility index (Phi) is 4.89. The first-order chi connectivity index (χ1) is 13.9. The average Bonchev–Trinajstić information content (AvgIpc) is 2.99. The summed E-state index contributed by atoms with van der Waals surface area (Å²) in [6.07, 6.45) is 3.55. The Morgan fingerprint density at radius 3 is 2.38 bits per heavy atom. The molecule has 29 heavy (non-hydrogen) atoms. The highest BCUT2D eigenvalue weighted by molar-refractivity contribution is 7.89. The molecule has 150 valence electrons. The number of benzene rings is 1. The van der Waals surface area contributed by atoms with E-state index in [1.54, 1.807) is 12.1 Å². The molecule has 1 saturated heterocycles. The van der Waals surface area contributed by atoms with Crippen molar-refractivity contribution in [2.45, 2.75) is 17.7 Å². The topological polar surface area (TPSA) is 114 Å². The number of carbonyl (C=O) groups excluding carboxylic acids is 3. The zero-order valence-electron chi connectivity index (χ0n) is 15.2. The van der Waals surface area contributed by atoms with E-state index in [-0.39, 0.29) is 29.1 Å². The number of nitrogens with zero attached hydrogens (tertiary/aromatic N) is 3. The Bertz CT molecular complexity index is 1050. The van der Waals surface area contributed by atoms with Gasteiger partial charge >= 0.3 is 5.97 Å². The summed E-state index contributed by atoms with van der Waals surface area (Å²) in [5.41, 5.74) is 0.324. The van der Waals surface area contributed by atoms with Crippen LogP contribution in [0.1, 0.15) is 33.6 Å². The number of imide groups is 1. The lowest BCUT2D eigenvalue weighted by atomic mass is 10.0. The fourth-order valence-electron chi connectivity index (χ4n) is 3.42. The summed E-state index contributed by atoms with van der Waals surface area (Å²) >= 11 is 0. The lowest BCUT2D eigenvalue weighted by molar-refractivity contribution is -0.174. The van der Waals surface area contributed by atoms with Crippen molar-refractivity contribution in [3.63, 3.8) is 0 Å². The molecule has 0 saturated carbocycles. The van der Waals surface area contributed by atoms with Crippen molar-refractivity contribution in [2.75, 3.05) is 13.1 Å². The first-order valence-corrected chi connectivity index (χ1v) is 10.4. The Labute approximate surface area is 166 Å². The second-order valence-electron chi connectivity index (χ2n) is 6.75. The maximum Gasteiger partial charge on any atom is 0.337 e. The van der Waals surface area contributed by atoms with E-state index in [4.69, 9.17) is 4.84 Å². The number of rotatable bonds is 4. The molecule has 10 heteroatoms. The van der Waals surface area contributed by atoms with Crippen molar-refractivity contribution < 1.29 is 27.6 Å². The Balaban J connectivity index is 1.48. The van der Waals surface area contributed by atoms with Gasteiger partial charge in [0.05, 0.1) is 17.0 Å². The highest BCUT2D eigenvalue weighted by atomic mass is 32.2. The molecule has 4 rings (SSSR count). The van der Waals surface area contributed by atoms with Crippen molar-refractivity contribution in [3.8, 4) is 0 Å². The molecule has 2 amide bonds. The van der Waals surface area contributed by atoms with Gasteiger partial charge < -0.3 is 4.84 Å². The summed E-state index contributed by atoms with van der Waals surface area (Å²) in [6, 6.07) is 9.13. The highest BCUT2D eigenvalue weighted by Crippen LogP contribution is 2.27. The number of sulfonamides is 1. The van der Waals surface area contributed by atoms with Gasteiger partial charge in [-0.2, -0.15) is 4.31 Å². The number of carbonyl (C=O) groups is 3. The zero-order chi connectivity index (χ0) is 20.6. The predicted molar refractivity (Wildman–Crippen MR) is 98.8 cm³/mol. The third-order valence-corrected chi connectivity index (χ3v) is 6.78. The van der Waals surface area contributed by atoms with Crippen molar-refractivity contribution >= 4 is 27.8 Å². The van der Waals surface area contributed by atoms with E-state index in [1.807, 2.05) is 0 Å². The van der Waals surface area contributed by atoms with Crippen LogP contribution in [0.4, 0.5) is 0 Å². The highest BCUT2D eigenvalue weighted by Gasteiger charge is 2.41. The largest absolute Gasteiger partial charge is 0.337 e. The van der Waals surface area contributed by atoms with Gasteiger partial charge in [0.2, 0.25) is 10.0 Å². The minimum absolute atomic E-state index is 0.0364. The molecule has 2 aliphatic rings. The van der Waals surface area contributed by atoms with Crippen LogP contribution in [0.3, 0.4) is 0 Å². The minimum atomic E-state index is -3.81. The van der Waals surface area contributed by atoms with Crippen LogP contribution in [0, 0.1) is 5.92 Å². The maximum atomic E-state index is 12.8. The standard InChI is InChI=1S/C19H17N3O6S/c23-17-15-7-1-2-8-16(15)18(24)22(17)28-19(25)13-5-4-10-21(12-13)29(26,27)14-6-3-9-20-11-14/h1-3,6-9,11,13H,4-5,10,12H2. The smallest absolute Gasteiger partial charge is 0.329 e. The Morgan fingerprint density at radius 2 is 1.76 bits per heavy atom. The number of fused-ring (bicyclic) bond motifs is 1. The summed E-state index contributed by atoms with van der Waals surface area (Å²) in [7, 11) is -3.81. The van der Waals surface area contributed by atoms with Gasteiger partial charge in [-0.25, -0.2) is 13.2 Å². The van der Waals surface area contributed by atoms with Crippen LogP contribution >= 0.6 is 0 Å². The SMILES string of the molecule is O=C(ON1C(=O)c2ccccc2C1=O)C1CCCN(S(=O)(=O)c2cccnc2)C1. The molecule has 2 aliphatic heterocycles. The quantitative estimate of drug-likeness (QED) is 0.690. The van der Waals surface area contributed by atoms with Gasteiger partial charge in [0, 0.05) is 25.5 Å². The van der Waals surface area contributed by atoms with Crippen molar-refractivity contribution in [1.29, 1.82) is 0 Å². The van der Waals surface area contributed by atoms with Gasteiger partial charge in [-0.15, -0.1) is 0 Å². The number of piperidine rings is 1. The molecule has 1 unspecified atom stereocenters. The molecule has 9 nitrogen and oxygen atoms in total. The molecule has 0 spiro atoms. The normalized spacial score (nSPS) is 19.9. The number of pyridine rings is 1. The first kappa shape index (κ1) is 19.2. The van der Waals surface area contributed by atoms with Gasteiger partial charge in [-0.3, -0.25) is 14.6 Å². The molecule has 0 N–H and O–H groups in total. The predicted octanol–water partition coefficient (Wildman–Crippen LogP) is 1.24. The number of hydroxylamine groups is 2. The average molecular weight is 415 g/mol. The molecule has 1 atom stereocenters. The van der Waals surface area contributed by atoms with Crippen LogP contribution in [0.25, 0.3) is 0 Å². The summed E-state index contributed by atoms with van der Waals surface area (Å²) in [4.78, 5) is 46.2. The Hall–Kier alpha value is -3.11. The van der Waals surface area contributed by atoms with Crippen LogP contribution in [0.15, 0.2) is 53.7 Å². The van der Waals surface area contributed by atoms with Gasteiger partial charge in [0.25, 0.3) is 11.8 Å². The fourth-order valence-corrected chi connectivity index (χ4v) is 4.90. The fraction of sp³-hybridized carbons (Fsp3) is 0.263. The molecule has 1 aromatic carbocycles. The van der Waals surface area contributed by atoms with E-state index < -0.39 is 33.7 Å². The van der Waals surface area contributed by atoms with E-state index in [9.17, 15) is 22.8 Å². The number of amides is 2. The summed E-state index contributed by atoms with van der Waals surface area (Å²) in [5, 5.41) is 0.446. The number of hydrogen-bond donors (Lipinski definition) is 0. The first-order valence-electron chi connectivity index (χ1n) is 8.99. The van der Waals surface area contributed by atoms with E-state index in [0.717, 1.165) is 0 Å². The van der Waals surface area contributed by atoms with E-state index >= 15 is 0 Å². The van der Waals surface area contributed by atoms with Crippen molar-refractivity contribution in [3.05, 3.63) is 59.9 Å². The lowest BCUT2D eigenvalue weighted by Crippen LogP contribution is -2.44. The minimum Gasteiger partial charge on any atom is -0.329 e. The van der Waals surface area contributed by atoms with Crippen LogP contribution in [-0.4, -0.2) is 53.6 Å². The van der Waals surface area contributed by atoms with E-state index in [0.29, 0.717) is 17.9 Å². The molecule has 0 aliphatic carbocycles. The van der Waals surface area contributed by atoms with E-state index in [2.05, 4.69) is 4.98 Å². The third-order valence-electron chi connectivity index (χ3n) is 4.93. The van der Waals surface area contributed by atoms with Crippen LogP contribution in [-0.2, 0) is 19.7 Å². The molecule has 0 radical (unpaired) electrons. The molecule has 2 aromatic rings. The van der Waals surface area contributed by atoms with Gasteiger partial charge in [-0.05, 0) is 37.1 Å². The van der Waals surface area contributed by atoms with E-state index in [1.165, 1.54) is 41.0 Å².